The first-order chi connectivity index (χ1) is 14.1. The van der Waals surface area contributed by atoms with Gasteiger partial charge in [0.25, 0.3) is 5.91 Å². The molecule has 30 heavy (non-hydrogen) atoms. The van der Waals surface area contributed by atoms with Crippen molar-refractivity contribution in [1.29, 1.82) is 5.26 Å². The van der Waals surface area contributed by atoms with E-state index in [2.05, 4.69) is 25.2 Å². The summed E-state index contributed by atoms with van der Waals surface area (Å²) in [5.74, 6) is -1.68. The molecule has 0 radical (unpaired) electrons. The van der Waals surface area contributed by atoms with E-state index in [9.17, 15) is 19.6 Å². The van der Waals surface area contributed by atoms with Crippen LogP contribution in [0.5, 0.6) is 0 Å². The van der Waals surface area contributed by atoms with Gasteiger partial charge in [0.05, 0.1) is 12.0 Å². The average molecular weight is 414 g/mol. The molecule has 1 fully saturated rings. The second-order valence-electron chi connectivity index (χ2n) is 8.40. The van der Waals surface area contributed by atoms with E-state index in [0.29, 0.717) is 5.92 Å². The van der Waals surface area contributed by atoms with Crippen molar-refractivity contribution < 1.29 is 19.1 Å². The minimum absolute atomic E-state index is 0.0528. The molecule has 1 heterocycles. The topological polar surface area (TPSA) is 99.5 Å². The maximum atomic E-state index is 12.6. The van der Waals surface area contributed by atoms with Crippen LogP contribution in [-0.4, -0.2) is 36.5 Å². The van der Waals surface area contributed by atoms with E-state index in [-0.39, 0.29) is 24.8 Å². The van der Waals surface area contributed by atoms with E-state index in [0.717, 1.165) is 17.7 Å². The Morgan fingerprint density at radius 3 is 2.60 bits per heavy atom. The van der Waals surface area contributed by atoms with Gasteiger partial charge in [0.1, 0.15) is 5.54 Å². The molecular weight excluding hydrogens is 382 g/mol. The predicted molar refractivity (Wildman–Crippen MR) is 114 cm³/mol. The van der Waals surface area contributed by atoms with Crippen molar-refractivity contribution in [3.8, 4) is 6.07 Å². The van der Waals surface area contributed by atoms with Gasteiger partial charge in [-0.3, -0.25) is 14.4 Å². The molecule has 7 heteroatoms. The van der Waals surface area contributed by atoms with Crippen LogP contribution in [0.1, 0.15) is 58.9 Å². The van der Waals surface area contributed by atoms with Crippen LogP contribution in [0.3, 0.4) is 0 Å². The predicted octanol–water partition coefficient (Wildman–Crippen LogP) is 3.15. The number of amides is 2. The van der Waals surface area contributed by atoms with Gasteiger partial charge in [-0.05, 0) is 36.8 Å². The van der Waals surface area contributed by atoms with Crippen molar-refractivity contribution in [3.63, 3.8) is 0 Å². The van der Waals surface area contributed by atoms with E-state index in [1.807, 2.05) is 38.1 Å². The molecule has 0 aliphatic carbocycles. The fourth-order valence-electron chi connectivity index (χ4n) is 3.35. The second kappa shape index (κ2) is 9.75. The molecule has 7 nitrogen and oxygen atoms in total. The molecule has 0 aromatic heterocycles. The van der Waals surface area contributed by atoms with E-state index in [1.54, 1.807) is 11.8 Å². The Morgan fingerprint density at radius 1 is 1.33 bits per heavy atom. The van der Waals surface area contributed by atoms with Crippen LogP contribution in [-0.2, 0) is 19.1 Å². The fourth-order valence-corrected chi connectivity index (χ4v) is 3.35. The highest BCUT2D eigenvalue weighted by molar-refractivity contribution is 6.00. The standard InChI is InChI=1S/C23H31N3O4/c1-6-16(4)18-9-7-8-10-19(18)26-12-17(11-21(26)28)22(29)30-13-20(27)25-23(5,14-24)15(2)3/h7-10,15-17H,6,11-13H2,1-5H3,(H,25,27)/t16-,17+,23-/m0/s1. The smallest absolute Gasteiger partial charge is 0.311 e. The third-order valence-electron chi connectivity index (χ3n) is 5.96. The molecular formula is C23H31N3O4. The number of carbonyl (C=O) groups is 3. The minimum atomic E-state index is -1.04. The van der Waals surface area contributed by atoms with Gasteiger partial charge in [-0.25, -0.2) is 0 Å². The molecule has 1 aromatic rings. The average Bonchev–Trinajstić information content (AvgIpc) is 3.12. The van der Waals surface area contributed by atoms with Crippen LogP contribution in [0.4, 0.5) is 5.69 Å². The van der Waals surface area contributed by atoms with Crippen LogP contribution in [0.25, 0.3) is 0 Å². The highest BCUT2D eigenvalue weighted by atomic mass is 16.5. The van der Waals surface area contributed by atoms with Crippen molar-refractivity contribution in [1.82, 2.24) is 5.32 Å². The molecule has 0 saturated carbocycles. The number of nitrogens with zero attached hydrogens (tertiary/aromatic N) is 2. The van der Waals surface area contributed by atoms with Crippen molar-refractivity contribution in [2.75, 3.05) is 18.1 Å². The zero-order valence-corrected chi connectivity index (χ0v) is 18.4. The largest absolute Gasteiger partial charge is 0.455 e. The number of carbonyl (C=O) groups excluding carboxylic acids is 3. The van der Waals surface area contributed by atoms with Crippen LogP contribution < -0.4 is 10.2 Å². The number of nitrogens with one attached hydrogen (secondary N) is 1. The van der Waals surface area contributed by atoms with Gasteiger partial charge in [0.15, 0.2) is 6.61 Å². The zero-order valence-electron chi connectivity index (χ0n) is 18.4. The lowest BCUT2D eigenvalue weighted by atomic mass is 9.90. The summed E-state index contributed by atoms with van der Waals surface area (Å²) >= 11 is 0. The Bertz CT molecular complexity index is 845. The number of rotatable bonds is 8. The first kappa shape index (κ1) is 23.4. The summed E-state index contributed by atoms with van der Waals surface area (Å²) < 4.78 is 5.15. The fraction of sp³-hybridized carbons (Fsp3) is 0.565. The SMILES string of the molecule is CC[C@H](C)c1ccccc1N1C[C@H](C(=O)OCC(=O)N[C@@](C)(C#N)C(C)C)CC1=O. The quantitative estimate of drug-likeness (QED) is 0.660. The number of hydrogen-bond donors (Lipinski definition) is 1. The lowest BCUT2D eigenvalue weighted by Gasteiger charge is -2.27. The van der Waals surface area contributed by atoms with Gasteiger partial charge in [0.2, 0.25) is 5.91 Å². The molecule has 0 unspecified atom stereocenters. The maximum Gasteiger partial charge on any atom is 0.311 e. The van der Waals surface area contributed by atoms with Gasteiger partial charge in [-0.1, -0.05) is 45.9 Å². The Kier molecular flexibility index (Phi) is 7.60. The Morgan fingerprint density at radius 2 is 2.00 bits per heavy atom. The maximum absolute atomic E-state index is 12.6. The lowest BCUT2D eigenvalue weighted by Crippen LogP contribution is -2.50. The van der Waals surface area contributed by atoms with Gasteiger partial charge in [-0.15, -0.1) is 0 Å². The van der Waals surface area contributed by atoms with Crippen molar-refractivity contribution in [2.45, 2.75) is 58.9 Å². The lowest BCUT2D eigenvalue weighted by molar-refractivity contribution is -0.152. The first-order valence-corrected chi connectivity index (χ1v) is 10.4. The van der Waals surface area contributed by atoms with E-state index in [1.165, 1.54) is 0 Å². The highest BCUT2D eigenvalue weighted by Gasteiger charge is 2.38. The molecule has 1 N–H and O–H groups in total. The van der Waals surface area contributed by atoms with Crippen LogP contribution in [0.15, 0.2) is 24.3 Å². The number of ether oxygens (including phenoxy) is 1. The summed E-state index contributed by atoms with van der Waals surface area (Å²) in [6, 6.07) is 9.81. The highest BCUT2D eigenvalue weighted by Crippen LogP contribution is 2.33. The summed E-state index contributed by atoms with van der Waals surface area (Å²) in [7, 11) is 0. The van der Waals surface area contributed by atoms with Gasteiger partial charge < -0.3 is 15.0 Å². The normalized spacial score (nSPS) is 19.2. The van der Waals surface area contributed by atoms with Crippen LogP contribution >= 0.6 is 0 Å². The van der Waals surface area contributed by atoms with Gasteiger partial charge in [-0.2, -0.15) is 5.26 Å². The molecule has 1 saturated heterocycles. The van der Waals surface area contributed by atoms with Crippen molar-refractivity contribution >= 4 is 23.5 Å². The minimum Gasteiger partial charge on any atom is -0.455 e. The third-order valence-corrected chi connectivity index (χ3v) is 5.96. The Hall–Kier alpha value is -2.88. The Labute approximate surface area is 178 Å². The van der Waals surface area contributed by atoms with E-state index < -0.39 is 29.9 Å². The summed E-state index contributed by atoms with van der Waals surface area (Å²) in [5, 5.41) is 11.9. The monoisotopic (exact) mass is 413 g/mol. The van der Waals surface area contributed by atoms with E-state index >= 15 is 0 Å². The molecule has 1 aliphatic rings. The van der Waals surface area contributed by atoms with E-state index in [4.69, 9.17) is 4.74 Å². The van der Waals surface area contributed by atoms with Crippen molar-refractivity contribution in [3.05, 3.63) is 29.8 Å². The number of hydrogen-bond acceptors (Lipinski definition) is 5. The van der Waals surface area contributed by atoms with Gasteiger partial charge >= 0.3 is 5.97 Å². The first-order valence-electron chi connectivity index (χ1n) is 10.4. The molecule has 1 aliphatic heterocycles. The molecule has 0 spiro atoms. The van der Waals surface area contributed by atoms with Gasteiger partial charge in [0, 0.05) is 18.7 Å². The van der Waals surface area contributed by atoms with Crippen LogP contribution in [0.2, 0.25) is 0 Å². The number of esters is 1. The summed E-state index contributed by atoms with van der Waals surface area (Å²) in [6.45, 7) is 9.23. The summed E-state index contributed by atoms with van der Waals surface area (Å²) in [5.41, 5.74) is 0.862. The summed E-state index contributed by atoms with van der Waals surface area (Å²) in [4.78, 5) is 38.8. The van der Waals surface area contributed by atoms with Crippen molar-refractivity contribution in [2.24, 2.45) is 11.8 Å². The molecule has 3 atom stereocenters. The number of benzene rings is 1. The number of para-hydroxylation sites is 1. The summed E-state index contributed by atoms with van der Waals surface area (Å²) in [6.07, 6.45) is 0.995. The molecule has 162 valence electrons. The molecule has 1 aromatic carbocycles. The number of anilines is 1. The van der Waals surface area contributed by atoms with Crippen LogP contribution in [0, 0.1) is 23.2 Å². The molecule has 0 bridgehead atoms. The number of nitriles is 1. The molecule has 2 rings (SSSR count). The third kappa shape index (κ3) is 5.18. The Balaban J connectivity index is 2.00. The molecule has 2 amide bonds. The zero-order chi connectivity index (χ0) is 22.5. The second-order valence-corrected chi connectivity index (χ2v) is 8.40.